The highest BCUT2D eigenvalue weighted by Gasteiger charge is 2.14. The molecule has 1 aromatic heterocycles. The predicted molar refractivity (Wildman–Crippen MR) is 81.7 cm³/mol. The second-order valence-electron chi connectivity index (χ2n) is 5.05. The summed E-state index contributed by atoms with van der Waals surface area (Å²) in [4.78, 5) is 4.07. The van der Waals surface area contributed by atoms with Gasteiger partial charge in [-0.05, 0) is 41.5 Å². The summed E-state index contributed by atoms with van der Waals surface area (Å²) in [7, 11) is 0. The minimum atomic E-state index is 0.835. The van der Waals surface area contributed by atoms with Gasteiger partial charge in [-0.3, -0.25) is 0 Å². The number of thioether (sulfide) groups is 1. The molecule has 3 rings (SSSR count). The number of hydrogen-bond acceptors (Lipinski definition) is 3. The van der Waals surface area contributed by atoms with Crippen molar-refractivity contribution >= 4 is 17.4 Å². The van der Waals surface area contributed by atoms with Gasteiger partial charge in [0.05, 0.1) is 6.33 Å². The molecule has 0 saturated carbocycles. The molecule has 0 spiro atoms. The van der Waals surface area contributed by atoms with E-state index < -0.39 is 0 Å². The first-order valence-corrected chi connectivity index (χ1v) is 7.92. The van der Waals surface area contributed by atoms with Crippen LogP contribution in [0.4, 0.5) is 5.69 Å². The van der Waals surface area contributed by atoms with Crippen LogP contribution in [0.3, 0.4) is 0 Å². The molecule has 0 aliphatic carbocycles. The van der Waals surface area contributed by atoms with Crippen LogP contribution in [0.15, 0.2) is 43.0 Å². The highest BCUT2D eigenvalue weighted by atomic mass is 32.2. The van der Waals surface area contributed by atoms with E-state index in [1.54, 1.807) is 0 Å². The lowest BCUT2D eigenvalue weighted by Crippen LogP contribution is -2.13. The third-order valence-electron chi connectivity index (χ3n) is 3.47. The summed E-state index contributed by atoms with van der Waals surface area (Å²) in [5.74, 6) is 3.47. The fourth-order valence-electron chi connectivity index (χ4n) is 2.38. The zero-order valence-electron chi connectivity index (χ0n) is 11.0. The maximum Gasteiger partial charge on any atom is 0.0949 e. The van der Waals surface area contributed by atoms with E-state index in [0.717, 1.165) is 19.0 Å². The van der Waals surface area contributed by atoms with Gasteiger partial charge >= 0.3 is 0 Å². The average Bonchev–Trinajstić information content (AvgIpc) is 3.10. The van der Waals surface area contributed by atoms with Crippen molar-refractivity contribution in [2.24, 2.45) is 5.92 Å². The van der Waals surface area contributed by atoms with Crippen molar-refractivity contribution in [3.05, 3.63) is 48.5 Å². The molecule has 1 saturated heterocycles. The molecule has 1 N–H and O–H groups in total. The van der Waals surface area contributed by atoms with Gasteiger partial charge in [0, 0.05) is 31.2 Å². The molecule has 1 fully saturated rings. The maximum absolute atomic E-state index is 4.07. The van der Waals surface area contributed by atoms with Crippen molar-refractivity contribution in [3.8, 4) is 0 Å². The van der Waals surface area contributed by atoms with Crippen LogP contribution in [0, 0.1) is 5.92 Å². The highest BCUT2D eigenvalue weighted by molar-refractivity contribution is 7.99. The van der Waals surface area contributed by atoms with Crippen LogP contribution >= 0.6 is 11.8 Å². The molecule has 100 valence electrons. The lowest BCUT2D eigenvalue weighted by atomic mass is 10.1. The summed E-state index contributed by atoms with van der Waals surface area (Å²) in [6.45, 7) is 1.98. The molecule has 2 heterocycles. The minimum absolute atomic E-state index is 0.835. The molecule has 4 heteroatoms. The van der Waals surface area contributed by atoms with Crippen molar-refractivity contribution in [2.45, 2.75) is 13.0 Å². The number of rotatable bonds is 5. The standard InChI is InChI=1S/C15H19N3S/c1-2-13(10-18-6-5-16-12-18)8-15(3-1)17-9-14-4-7-19-11-14/h1-3,5-6,8,12,14,17H,4,7,9-11H2. The monoisotopic (exact) mass is 273 g/mol. The summed E-state index contributed by atoms with van der Waals surface area (Å²) in [5.41, 5.74) is 2.54. The Morgan fingerprint density at radius 3 is 3.21 bits per heavy atom. The van der Waals surface area contributed by atoms with Crippen LogP contribution in [0.25, 0.3) is 0 Å². The van der Waals surface area contributed by atoms with Crippen molar-refractivity contribution in [1.82, 2.24) is 9.55 Å². The van der Waals surface area contributed by atoms with Gasteiger partial charge in [0.1, 0.15) is 0 Å². The number of nitrogens with one attached hydrogen (secondary N) is 1. The van der Waals surface area contributed by atoms with Crippen LogP contribution in [0.5, 0.6) is 0 Å². The molecule has 0 radical (unpaired) electrons. The van der Waals surface area contributed by atoms with E-state index in [9.17, 15) is 0 Å². The Morgan fingerprint density at radius 1 is 1.42 bits per heavy atom. The van der Waals surface area contributed by atoms with Crippen LogP contribution in [0.1, 0.15) is 12.0 Å². The van der Waals surface area contributed by atoms with Gasteiger partial charge < -0.3 is 9.88 Å². The first kappa shape index (κ1) is 12.6. The van der Waals surface area contributed by atoms with Gasteiger partial charge in [0.2, 0.25) is 0 Å². The molecule has 1 atom stereocenters. The smallest absolute Gasteiger partial charge is 0.0949 e. The Balaban J connectivity index is 1.59. The number of hydrogen-bond donors (Lipinski definition) is 1. The van der Waals surface area contributed by atoms with Gasteiger partial charge in [0.25, 0.3) is 0 Å². The summed E-state index contributed by atoms with van der Waals surface area (Å²) in [6, 6.07) is 8.68. The minimum Gasteiger partial charge on any atom is -0.385 e. The van der Waals surface area contributed by atoms with Gasteiger partial charge in [0.15, 0.2) is 0 Å². The largest absolute Gasteiger partial charge is 0.385 e. The normalized spacial score (nSPS) is 18.6. The van der Waals surface area contributed by atoms with Gasteiger partial charge in [-0.1, -0.05) is 12.1 Å². The molecule has 2 aromatic rings. The number of aromatic nitrogens is 2. The van der Waals surface area contributed by atoms with Crippen LogP contribution in [-0.4, -0.2) is 27.6 Å². The third kappa shape index (κ3) is 3.53. The lowest BCUT2D eigenvalue weighted by Gasteiger charge is -2.12. The fourth-order valence-corrected chi connectivity index (χ4v) is 3.66. The Bertz CT molecular complexity index is 504. The van der Waals surface area contributed by atoms with Crippen molar-refractivity contribution in [1.29, 1.82) is 0 Å². The number of benzene rings is 1. The van der Waals surface area contributed by atoms with E-state index in [1.807, 2.05) is 18.7 Å². The van der Waals surface area contributed by atoms with E-state index >= 15 is 0 Å². The van der Waals surface area contributed by atoms with Crippen LogP contribution in [-0.2, 0) is 6.54 Å². The molecule has 3 nitrogen and oxygen atoms in total. The molecule has 1 unspecified atom stereocenters. The summed E-state index contributed by atoms with van der Waals surface area (Å²) < 4.78 is 2.09. The topological polar surface area (TPSA) is 29.9 Å². The Labute approximate surface area is 118 Å². The summed E-state index contributed by atoms with van der Waals surface area (Å²) >= 11 is 2.07. The number of imidazole rings is 1. The van der Waals surface area contributed by atoms with Crippen molar-refractivity contribution in [3.63, 3.8) is 0 Å². The molecule has 1 aliphatic rings. The summed E-state index contributed by atoms with van der Waals surface area (Å²) in [5, 5.41) is 3.57. The van der Waals surface area contributed by atoms with Crippen LogP contribution in [0.2, 0.25) is 0 Å². The van der Waals surface area contributed by atoms with E-state index in [1.165, 1.54) is 29.2 Å². The van der Waals surface area contributed by atoms with E-state index in [4.69, 9.17) is 0 Å². The Hall–Kier alpha value is -1.42. The molecule has 1 aromatic carbocycles. The molecular formula is C15H19N3S. The van der Waals surface area contributed by atoms with Crippen molar-refractivity contribution < 1.29 is 0 Å². The van der Waals surface area contributed by atoms with Gasteiger partial charge in [-0.2, -0.15) is 11.8 Å². The second-order valence-corrected chi connectivity index (χ2v) is 6.20. The first-order valence-electron chi connectivity index (χ1n) is 6.76. The van der Waals surface area contributed by atoms with Gasteiger partial charge in [-0.15, -0.1) is 0 Å². The zero-order chi connectivity index (χ0) is 12.9. The zero-order valence-corrected chi connectivity index (χ0v) is 11.8. The number of anilines is 1. The predicted octanol–water partition coefficient (Wildman–Crippen LogP) is 3.10. The summed E-state index contributed by atoms with van der Waals surface area (Å²) in [6.07, 6.45) is 7.03. The van der Waals surface area contributed by atoms with Crippen molar-refractivity contribution in [2.75, 3.05) is 23.4 Å². The van der Waals surface area contributed by atoms with E-state index in [0.29, 0.717) is 0 Å². The fraction of sp³-hybridized carbons (Fsp3) is 0.400. The molecule has 0 amide bonds. The molecule has 0 bridgehead atoms. The lowest BCUT2D eigenvalue weighted by molar-refractivity contribution is 0.632. The number of nitrogens with zero attached hydrogens (tertiary/aromatic N) is 2. The Morgan fingerprint density at radius 2 is 2.42 bits per heavy atom. The molecule has 1 aliphatic heterocycles. The maximum atomic E-state index is 4.07. The SMILES string of the molecule is c1cc(Cn2ccnc2)cc(NCC2CCSC2)c1. The van der Waals surface area contributed by atoms with E-state index in [-0.39, 0.29) is 0 Å². The first-order chi connectivity index (χ1) is 9.40. The average molecular weight is 273 g/mol. The third-order valence-corrected chi connectivity index (χ3v) is 4.70. The second kappa shape index (κ2) is 6.15. The molecule has 19 heavy (non-hydrogen) atoms. The van der Waals surface area contributed by atoms with Gasteiger partial charge in [-0.25, -0.2) is 4.98 Å². The quantitative estimate of drug-likeness (QED) is 0.908. The van der Waals surface area contributed by atoms with Crippen LogP contribution < -0.4 is 5.32 Å². The Kier molecular flexibility index (Phi) is 4.08. The molecular weight excluding hydrogens is 254 g/mol. The highest BCUT2D eigenvalue weighted by Crippen LogP contribution is 2.23. The van der Waals surface area contributed by atoms with E-state index in [2.05, 4.69) is 50.9 Å².